The Balaban J connectivity index is 1.65. The van der Waals surface area contributed by atoms with Crippen molar-refractivity contribution in [2.24, 2.45) is 0 Å². The van der Waals surface area contributed by atoms with Crippen LogP contribution in [0.4, 0.5) is 0 Å². The Hall–Kier alpha value is -1.85. The summed E-state index contributed by atoms with van der Waals surface area (Å²) in [7, 11) is 0. The average Bonchev–Trinajstić information content (AvgIpc) is 3.07. The maximum Gasteiger partial charge on any atom is 0.242 e. The quantitative estimate of drug-likeness (QED) is 0.936. The summed E-state index contributed by atoms with van der Waals surface area (Å²) in [5.41, 5.74) is 2.93. The molecule has 1 aromatic carbocycles. The number of aryl methyl sites for hydroxylation is 2. The second-order valence-electron chi connectivity index (χ2n) is 5.89. The Morgan fingerprint density at radius 2 is 2.13 bits per heavy atom. The summed E-state index contributed by atoms with van der Waals surface area (Å²) < 4.78 is 7.51. The fourth-order valence-electron chi connectivity index (χ4n) is 2.94. The Morgan fingerprint density at radius 3 is 2.78 bits per heavy atom. The van der Waals surface area contributed by atoms with Crippen molar-refractivity contribution in [1.29, 1.82) is 0 Å². The summed E-state index contributed by atoms with van der Waals surface area (Å²) in [4.78, 5) is 12.3. The average molecular weight is 334 g/mol. The highest BCUT2D eigenvalue weighted by Gasteiger charge is 2.30. The molecule has 0 spiro atoms. The van der Waals surface area contributed by atoms with Gasteiger partial charge in [0.1, 0.15) is 12.6 Å². The molecule has 1 amide bonds. The summed E-state index contributed by atoms with van der Waals surface area (Å²) in [6, 6.07) is 9.50. The molecule has 0 radical (unpaired) electrons. The number of carbonyl (C=O) groups excluding carboxylic acids is 1. The van der Waals surface area contributed by atoms with Crippen LogP contribution in [0.25, 0.3) is 0 Å². The topological polar surface area (TPSA) is 56.2 Å². The van der Waals surface area contributed by atoms with Crippen LogP contribution in [0, 0.1) is 13.8 Å². The van der Waals surface area contributed by atoms with E-state index in [4.69, 9.17) is 16.3 Å². The highest BCUT2D eigenvalue weighted by atomic mass is 35.5. The Kier molecular flexibility index (Phi) is 4.68. The summed E-state index contributed by atoms with van der Waals surface area (Å²) in [6.45, 7) is 4.73. The lowest BCUT2D eigenvalue weighted by atomic mass is 10.0. The van der Waals surface area contributed by atoms with Crippen molar-refractivity contribution in [3.05, 3.63) is 52.3 Å². The molecule has 0 unspecified atom stereocenters. The molecule has 2 heterocycles. The first-order chi connectivity index (χ1) is 11.0. The van der Waals surface area contributed by atoms with Gasteiger partial charge in [0.25, 0.3) is 0 Å². The lowest BCUT2D eigenvalue weighted by Gasteiger charge is -2.20. The fraction of sp³-hybridized carbons (Fsp3) is 0.412. The van der Waals surface area contributed by atoms with Gasteiger partial charge in [-0.25, -0.2) is 0 Å². The number of rotatable bonds is 4. The fourth-order valence-corrected chi connectivity index (χ4v) is 3.07. The van der Waals surface area contributed by atoms with Crippen LogP contribution in [0.1, 0.15) is 29.5 Å². The number of benzene rings is 1. The molecule has 0 aliphatic carbocycles. The van der Waals surface area contributed by atoms with Gasteiger partial charge in [-0.05, 0) is 44.0 Å². The van der Waals surface area contributed by atoms with Gasteiger partial charge >= 0.3 is 0 Å². The third kappa shape index (κ3) is 3.74. The van der Waals surface area contributed by atoms with Gasteiger partial charge in [0, 0.05) is 17.3 Å². The second kappa shape index (κ2) is 6.72. The van der Waals surface area contributed by atoms with E-state index >= 15 is 0 Å². The predicted octanol–water partition coefficient (Wildman–Crippen LogP) is 2.80. The van der Waals surface area contributed by atoms with Crippen LogP contribution >= 0.6 is 11.6 Å². The van der Waals surface area contributed by atoms with Crippen LogP contribution < -0.4 is 5.32 Å². The molecule has 122 valence electrons. The van der Waals surface area contributed by atoms with Crippen molar-refractivity contribution >= 4 is 17.5 Å². The molecule has 2 atom stereocenters. The number of aromatic nitrogens is 2. The van der Waals surface area contributed by atoms with E-state index in [0.29, 0.717) is 11.6 Å². The molecule has 3 rings (SSSR count). The molecule has 1 aromatic heterocycles. The lowest BCUT2D eigenvalue weighted by Crippen LogP contribution is -2.39. The molecule has 23 heavy (non-hydrogen) atoms. The van der Waals surface area contributed by atoms with Crippen molar-refractivity contribution in [3.63, 3.8) is 0 Å². The molecule has 1 aliphatic rings. The zero-order valence-electron chi connectivity index (χ0n) is 13.3. The molecule has 1 fully saturated rings. The van der Waals surface area contributed by atoms with Crippen molar-refractivity contribution in [2.75, 3.05) is 6.61 Å². The summed E-state index contributed by atoms with van der Waals surface area (Å²) in [6.07, 6.45) is 0.674. The van der Waals surface area contributed by atoms with E-state index in [1.165, 1.54) is 0 Å². The molecule has 6 heteroatoms. The maximum absolute atomic E-state index is 12.3. The number of halogens is 1. The third-order valence-corrected chi connectivity index (χ3v) is 4.29. The van der Waals surface area contributed by atoms with Crippen molar-refractivity contribution in [2.45, 2.75) is 39.0 Å². The number of amides is 1. The second-order valence-corrected chi connectivity index (χ2v) is 6.33. The minimum Gasteiger partial charge on any atom is -0.371 e. The molecular weight excluding hydrogens is 314 g/mol. The number of carbonyl (C=O) groups is 1. The first-order valence-corrected chi connectivity index (χ1v) is 8.08. The normalized spacial score (nSPS) is 20.7. The van der Waals surface area contributed by atoms with E-state index in [2.05, 4.69) is 10.4 Å². The molecule has 1 aliphatic heterocycles. The van der Waals surface area contributed by atoms with E-state index in [1.54, 1.807) is 4.68 Å². The molecule has 1 saturated heterocycles. The largest absolute Gasteiger partial charge is 0.371 e. The van der Waals surface area contributed by atoms with Crippen LogP contribution in [-0.4, -0.2) is 28.3 Å². The summed E-state index contributed by atoms with van der Waals surface area (Å²) in [5.74, 6) is -0.0503. The van der Waals surface area contributed by atoms with Gasteiger partial charge in [-0.1, -0.05) is 23.7 Å². The van der Waals surface area contributed by atoms with Gasteiger partial charge in [0.15, 0.2) is 0 Å². The number of nitrogens with one attached hydrogen (secondary N) is 1. The van der Waals surface area contributed by atoms with E-state index in [0.717, 1.165) is 23.4 Å². The van der Waals surface area contributed by atoms with Crippen LogP contribution in [0.2, 0.25) is 5.02 Å². The molecule has 0 saturated carbocycles. The predicted molar refractivity (Wildman–Crippen MR) is 88.4 cm³/mol. The van der Waals surface area contributed by atoms with Crippen molar-refractivity contribution in [3.8, 4) is 0 Å². The smallest absolute Gasteiger partial charge is 0.242 e. The summed E-state index contributed by atoms with van der Waals surface area (Å²) in [5, 5.41) is 8.08. The minimum atomic E-state index is -0.128. The van der Waals surface area contributed by atoms with Crippen LogP contribution in [0.3, 0.4) is 0 Å². The number of hydrogen-bond donors (Lipinski definition) is 1. The van der Waals surface area contributed by atoms with Gasteiger partial charge in [-0.15, -0.1) is 0 Å². The van der Waals surface area contributed by atoms with Crippen LogP contribution in [-0.2, 0) is 16.1 Å². The minimum absolute atomic E-state index is 0.0272. The van der Waals surface area contributed by atoms with Gasteiger partial charge in [-0.3, -0.25) is 9.48 Å². The van der Waals surface area contributed by atoms with Crippen LogP contribution in [0.15, 0.2) is 30.3 Å². The molecule has 5 nitrogen and oxygen atoms in total. The van der Waals surface area contributed by atoms with Gasteiger partial charge in [-0.2, -0.15) is 5.10 Å². The van der Waals surface area contributed by atoms with Gasteiger partial charge < -0.3 is 10.1 Å². The van der Waals surface area contributed by atoms with E-state index < -0.39 is 0 Å². The van der Waals surface area contributed by atoms with E-state index in [1.807, 2.05) is 44.2 Å². The lowest BCUT2D eigenvalue weighted by molar-refractivity contribution is -0.123. The SMILES string of the molecule is Cc1cc(C)n(CC(=O)N[C@@H]2CCO[C@@H]2c2ccc(Cl)cc2)n1. The van der Waals surface area contributed by atoms with E-state index in [9.17, 15) is 4.79 Å². The van der Waals surface area contributed by atoms with Crippen molar-refractivity contribution in [1.82, 2.24) is 15.1 Å². The molecule has 0 bridgehead atoms. The number of nitrogens with zero attached hydrogens (tertiary/aromatic N) is 2. The summed E-state index contributed by atoms with van der Waals surface area (Å²) >= 11 is 5.93. The first kappa shape index (κ1) is 16.0. The Labute approximate surface area is 140 Å². The third-order valence-electron chi connectivity index (χ3n) is 4.03. The monoisotopic (exact) mass is 333 g/mol. The Bertz CT molecular complexity index is 696. The number of ether oxygens (including phenoxy) is 1. The Morgan fingerprint density at radius 1 is 1.39 bits per heavy atom. The molecular formula is C17H20ClN3O2. The van der Waals surface area contributed by atoms with Gasteiger partial charge in [0.2, 0.25) is 5.91 Å². The highest BCUT2D eigenvalue weighted by Crippen LogP contribution is 2.29. The van der Waals surface area contributed by atoms with E-state index in [-0.39, 0.29) is 24.6 Å². The van der Waals surface area contributed by atoms with Crippen molar-refractivity contribution < 1.29 is 9.53 Å². The van der Waals surface area contributed by atoms with Gasteiger partial charge in [0.05, 0.1) is 11.7 Å². The zero-order chi connectivity index (χ0) is 16.4. The highest BCUT2D eigenvalue weighted by molar-refractivity contribution is 6.30. The zero-order valence-corrected chi connectivity index (χ0v) is 14.0. The standard InChI is InChI=1S/C17H20ClN3O2/c1-11-9-12(2)21(20-11)10-16(22)19-15-7-8-23-17(15)13-3-5-14(18)6-4-13/h3-6,9,15,17H,7-8,10H2,1-2H3,(H,19,22)/t15-,17-/m1/s1. The molecule has 2 aromatic rings. The van der Waals surface area contributed by atoms with Crippen LogP contribution in [0.5, 0.6) is 0 Å². The molecule has 1 N–H and O–H groups in total. The maximum atomic E-state index is 12.3. The number of hydrogen-bond acceptors (Lipinski definition) is 3. The first-order valence-electron chi connectivity index (χ1n) is 7.70.